The molecule has 2 aromatic heterocycles. The molecule has 56 heavy (non-hydrogen) atoms. The first kappa shape index (κ1) is 31.6. The van der Waals surface area contributed by atoms with Gasteiger partial charge in [0.2, 0.25) is 0 Å². The Balaban J connectivity index is 1.11. The van der Waals surface area contributed by atoms with Gasteiger partial charge in [-0.3, -0.25) is 4.57 Å². The topological polar surface area (TPSA) is 22.8 Å². The van der Waals surface area contributed by atoms with E-state index >= 15 is 0 Å². The molecule has 2 aliphatic heterocycles. The molecule has 3 nitrogen and oxygen atoms in total. The van der Waals surface area contributed by atoms with E-state index < -0.39 is 13.5 Å². The van der Waals surface area contributed by atoms with E-state index in [1.54, 1.807) is 0 Å². The molecule has 0 amide bonds. The normalized spacial score (nSPS) is 16.2. The van der Waals surface area contributed by atoms with Crippen LogP contribution in [-0.2, 0) is 5.41 Å². The highest BCUT2D eigenvalue weighted by molar-refractivity contribution is 7.01. The van der Waals surface area contributed by atoms with Gasteiger partial charge in [0.25, 0.3) is 0 Å². The Morgan fingerprint density at radius 2 is 1.07 bits per heavy atom. The number of benzene rings is 8. The standard InChI is InChI=1S/C52H37N3Si/c1-56(2)48-26-13-8-20-41(48)52(40-19-7-11-24-46(40)55-45-23-10-6-17-38(45)39-18-14-21-42(52)50(39)55)43-33-36(31-32-49(43)56)34-27-29-35(30-28-34)51-53-44-22-9-12-25-47(44)54(51)37-15-4-3-5-16-37/h3-33H,1-2H3/q-1. The highest BCUT2D eigenvalue weighted by Gasteiger charge is 2.49. The number of aromatic nitrogens is 3. The molecule has 0 radical (unpaired) electrons. The van der Waals surface area contributed by atoms with E-state index in [1.165, 1.54) is 71.2 Å². The van der Waals surface area contributed by atoms with Crippen molar-refractivity contribution in [2.24, 2.45) is 0 Å². The molecule has 0 aliphatic carbocycles. The molecule has 0 N–H and O–H groups in total. The average Bonchev–Trinajstić information content (AvgIpc) is 3.81. The summed E-state index contributed by atoms with van der Waals surface area (Å²) in [6.45, 7) is 5.08. The predicted octanol–water partition coefficient (Wildman–Crippen LogP) is 11.3. The first-order valence-electron chi connectivity index (χ1n) is 19.6. The van der Waals surface area contributed by atoms with Crippen LogP contribution in [0.2, 0.25) is 13.1 Å². The summed E-state index contributed by atoms with van der Waals surface area (Å²) in [6, 6.07) is 69.9. The molecule has 0 saturated heterocycles. The fourth-order valence-electron chi connectivity index (χ4n) is 10.4. The second-order valence-corrected chi connectivity index (χ2v) is 20.3. The summed E-state index contributed by atoms with van der Waals surface area (Å²) in [5, 5.41) is 5.62. The molecule has 0 saturated carbocycles. The van der Waals surface area contributed by atoms with Crippen LogP contribution < -0.4 is 10.4 Å². The van der Waals surface area contributed by atoms with Crippen molar-refractivity contribution in [3.8, 4) is 33.9 Å². The predicted molar refractivity (Wildman–Crippen MR) is 235 cm³/mol. The lowest BCUT2D eigenvalue weighted by Crippen LogP contribution is -2.63. The Bertz CT molecular complexity index is 3220. The molecule has 4 heterocycles. The summed E-state index contributed by atoms with van der Waals surface area (Å²) in [5.41, 5.74) is 15.6. The Labute approximate surface area is 326 Å². The van der Waals surface area contributed by atoms with Gasteiger partial charge in [-0.1, -0.05) is 171 Å². The molecule has 265 valence electrons. The Hall–Kier alpha value is -6.75. The molecule has 1 unspecified atom stereocenters. The van der Waals surface area contributed by atoms with Gasteiger partial charge in [-0.2, -0.15) is 23.5 Å². The van der Waals surface area contributed by atoms with Crippen LogP contribution in [0.15, 0.2) is 188 Å². The van der Waals surface area contributed by atoms with E-state index in [-0.39, 0.29) is 0 Å². The maximum Gasteiger partial charge on any atom is 0.145 e. The van der Waals surface area contributed by atoms with Crippen LogP contribution in [0.25, 0.3) is 66.7 Å². The minimum atomic E-state index is -2.12. The average molecular weight is 732 g/mol. The van der Waals surface area contributed by atoms with E-state index in [0.29, 0.717) is 0 Å². The zero-order chi connectivity index (χ0) is 37.2. The van der Waals surface area contributed by atoms with Gasteiger partial charge in [-0.25, -0.2) is 4.98 Å². The van der Waals surface area contributed by atoms with Gasteiger partial charge in [0.1, 0.15) is 5.82 Å². The number of hydrogen-bond donors (Lipinski definition) is 0. The quantitative estimate of drug-likeness (QED) is 0.166. The van der Waals surface area contributed by atoms with Crippen LogP contribution in [0, 0.1) is 0 Å². The lowest BCUT2D eigenvalue weighted by atomic mass is 9.62. The number of fused-ring (bicyclic) bond motifs is 12. The minimum Gasteiger partial charge on any atom is -0.309 e. The Morgan fingerprint density at radius 1 is 0.446 bits per heavy atom. The third-order valence-corrected chi connectivity index (χ3v) is 16.4. The Morgan fingerprint density at radius 3 is 1.93 bits per heavy atom. The second kappa shape index (κ2) is 11.4. The fourth-order valence-corrected chi connectivity index (χ4v) is 13.6. The van der Waals surface area contributed by atoms with Gasteiger partial charge in [0.05, 0.1) is 33.2 Å². The zero-order valence-electron chi connectivity index (χ0n) is 31.2. The van der Waals surface area contributed by atoms with E-state index in [2.05, 4.69) is 210 Å². The van der Waals surface area contributed by atoms with Gasteiger partial charge in [-0.15, -0.1) is 0 Å². The molecule has 0 bridgehead atoms. The van der Waals surface area contributed by atoms with Crippen molar-refractivity contribution in [2.75, 3.05) is 0 Å². The van der Waals surface area contributed by atoms with Crippen LogP contribution in [0.4, 0.5) is 0 Å². The van der Waals surface area contributed by atoms with E-state index in [9.17, 15) is 0 Å². The summed E-state index contributed by atoms with van der Waals surface area (Å²) in [4.78, 5) is 5.15. The highest BCUT2D eigenvalue weighted by Crippen LogP contribution is 2.55. The molecule has 10 aromatic rings. The minimum absolute atomic E-state index is 0.495. The molecule has 0 fully saturated rings. The van der Waals surface area contributed by atoms with E-state index in [0.717, 1.165) is 28.1 Å². The van der Waals surface area contributed by atoms with E-state index in [1.807, 2.05) is 0 Å². The van der Waals surface area contributed by atoms with Crippen LogP contribution in [0.3, 0.4) is 0 Å². The lowest BCUT2D eigenvalue weighted by Gasteiger charge is -2.55. The molecular formula is C52H37N3Si-. The summed E-state index contributed by atoms with van der Waals surface area (Å²) in [7, 11) is -2.12. The van der Waals surface area contributed by atoms with Gasteiger partial charge < -0.3 is 4.57 Å². The number of rotatable bonds is 3. The van der Waals surface area contributed by atoms with Gasteiger partial charge in [0, 0.05) is 22.0 Å². The fraction of sp³-hybridized carbons (Fsp3) is 0.0577. The van der Waals surface area contributed by atoms with Crippen molar-refractivity contribution in [1.29, 1.82) is 0 Å². The smallest absolute Gasteiger partial charge is 0.145 e. The monoisotopic (exact) mass is 731 g/mol. The van der Waals surface area contributed by atoms with Gasteiger partial charge >= 0.3 is 0 Å². The molecule has 1 spiro atoms. The third kappa shape index (κ3) is 4.04. The van der Waals surface area contributed by atoms with Crippen LogP contribution in [0.1, 0.15) is 22.3 Å². The molecule has 1 atom stereocenters. The van der Waals surface area contributed by atoms with Crippen molar-refractivity contribution in [1.82, 2.24) is 14.1 Å². The molecule has 12 rings (SSSR count). The molecule has 8 aromatic carbocycles. The zero-order valence-corrected chi connectivity index (χ0v) is 32.2. The van der Waals surface area contributed by atoms with Crippen LogP contribution >= 0.6 is 0 Å². The summed E-state index contributed by atoms with van der Waals surface area (Å²) >= 11 is 0. The lowest BCUT2D eigenvalue weighted by molar-refractivity contribution is 0.732. The van der Waals surface area contributed by atoms with Crippen LogP contribution in [-0.4, -0.2) is 22.2 Å². The first-order chi connectivity index (χ1) is 27.5. The van der Waals surface area contributed by atoms with Crippen LogP contribution in [0.5, 0.6) is 0 Å². The van der Waals surface area contributed by atoms with Crippen molar-refractivity contribution in [3.05, 3.63) is 210 Å². The third-order valence-electron chi connectivity index (χ3n) is 12.8. The highest BCUT2D eigenvalue weighted by atomic mass is 28.3. The van der Waals surface area contributed by atoms with Gasteiger partial charge in [0.15, 0.2) is 0 Å². The summed E-state index contributed by atoms with van der Waals surface area (Å²) < 4.78 is 4.81. The molecule has 4 heteroatoms. The number of hydrogen-bond acceptors (Lipinski definition) is 1. The van der Waals surface area contributed by atoms with Crippen molar-refractivity contribution in [2.45, 2.75) is 18.5 Å². The largest absolute Gasteiger partial charge is 0.309 e. The van der Waals surface area contributed by atoms with Crippen molar-refractivity contribution >= 4 is 51.3 Å². The number of imidazole rings is 1. The maximum absolute atomic E-state index is 5.15. The SMILES string of the molecule is C[Si-]1(C)c2ccccc2C2(c3ccccc3-n3c4ccccc4c4cccc2c43)c2cc(-c3ccc(-c4nc5ccccc5n4-c4ccccc4)cc3)ccc21. The maximum atomic E-state index is 5.15. The number of para-hydroxylation sites is 6. The van der Waals surface area contributed by atoms with E-state index in [4.69, 9.17) is 4.98 Å². The van der Waals surface area contributed by atoms with Crippen molar-refractivity contribution in [3.63, 3.8) is 0 Å². The first-order valence-corrected chi connectivity index (χ1v) is 22.6. The van der Waals surface area contributed by atoms with Crippen molar-refractivity contribution < 1.29 is 0 Å². The van der Waals surface area contributed by atoms with Gasteiger partial charge in [-0.05, 0) is 58.7 Å². The number of nitrogens with zero attached hydrogens (tertiary/aromatic N) is 3. The summed E-state index contributed by atoms with van der Waals surface area (Å²) in [5.74, 6) is 0.944. The Kier molecular flexibility index (Phi) is 6.42. The molecule has 2 aliphatic rings. The second-order valence-electron chi connectivity index (χ2n) is 15.9. The summed E-state index contributed by atoms with van der Waals surface area (Å²) in [6.07, 6.45) is 0. The molecular weight excluding hydrogens is 695 g/mol.